The summed E-state index contributed by atoms with van der Waals surface area (Å²) in [5.41, 5.74) is 4.13. The molecule has 0 heterocycles. The Morgan fingerprint density at radius 3 is 2.22 bits per heavy atom. The average Bonchev–Trinajstić information content (AvgIpc) is 3.10. The van der Waals surface area contributed by atoms with Crippen molar-refractivity contribution in [3.8, 4) is 6.07 Å². The summed E-state index contributed by atoms with van der Waals surface area (Å²) in [4.78, 5) is 23.6. The number of primary amides is 1. The summed E-state index contributed by atoms with van der Waals surface area (Å²) >= 11 is 0. The Hall–Kier alpha value is -1.57. The van der Waals surface area contributed by atoms with E-state index in [0.29, 0.717) is 25.7 Å². The number of nitriles is 1. The Balaban J connectivity index is 1.99. The lowest BCUT2D eigenvalue weighted by molar-refractivity contribution is -0.136. The normalized spacial score (nSPS) is 23.7. The van der Waals surface area contributed by atoms with Crippen molar-refractivity contribution < 1.29 is 9.59 Å². The third-order valence-electron chi connectivity index (χ3n) is 4.18. The van der Waals surface area contributed by atoms with Gasteiger partial charge in [0.2, 0.25) is 11.8 Å². The average molecular weight is 249 g/mol. The monoisotopic (exact) mass is 249 g/mol. The molecule has 5 nitrogen and oxygen atoms in total. The van der Waals surface area contributed by atoms with Crippen LogP contribution < -0.4 is 11.1 Å². The number of carbonyl (C=O) groups excluding carboxylic acids is 2. The molecule has 2 fully saturated rings. The maximum atomic E-state index is 12.0. The highest BCUT2D eigenvalue weighted by molar-refractivity contribution is 5.88. The first kappa shape index (κ1) is 12.9. The third kappa shape index (κ3) is 2.47. The minimum Gasteiger partial charge on any atom is -0.369 e. The fourth-order valence-electron chi connectivity index (χ4n) is 2.75. The number of amides is 2. The number of carbonyl (C=O) groups is 2. The van der Waals surface area contributed by atoms with Crippen LogP contribution in [0.15, 0.2) is 0 Å². The van der Waals surface area contributed by atoms with E-state index in [1.165, 1.54) is 0 Å². The van der Waals surface area contributed by atoms with E-state index < -0.39 is 11.0 Å². The van der Waals surface area contributed by atoms with Crippen LogP contribution in [0.5, 0.6) is 0 Å². The first-order valence-electron chi connectivity index (χ1n) is 6.54. The van der Waals surface area contributed by atoms with Gasteiger partial charge in [-0.25, -0.2) is 0 Å². The molecule has 0 atom stereocenters. The highest BCUT2D eigenvalue weighted by atomic mass is 16.2. The molecule has 2 rings (SSSR count). The van der Waals surface area contributed by atoms with Gasteiger partial charge in [0.15, 0.2) is 0 Å². The van der Waals surface area contributed by atoms with Crippen LogP contribution in [-0.2, 0) is 9.59 Å². The van der Waals surface area contributed by atoms with Crippen LogP contribution >= 0.6 is 0 Å². The number of rotatable bonds is 4. The minimum atomic E-state index is -0.687. The lowest BCUT2D eigenvalue weighted by Gasteiger charge is -2.33. The van der Waals surface area contributed by atoms with Gasteiger partial charge >= 0.3 is 0 Å². The number of nitrogens with two attached hydrogens (primary N) is 1. The van der Waals surface area contributed by atoms with Crippen molar-refractivity contribution in [3.05, 3.63) is 0 Å². The van der Waals surface area contributed by atoms with E-state index in [-0.39, 0.29) is 18.2 Å². The predicted molar refractivity (Wildman–Crippen MR) is 65.1 cm³/mol. The zero-order chi connectivity index (χ0) is 13.2. The second kappa shape index (κ2) is 4.60. The molecule has 18 heavy (non-hydrogen) atoms. The molecule has 2 aliphatic rings. The first-order chi connectivity index (χ1) is 8.52. The maximum absolute atomic E-state index is 12.0. The van der Waals surface area contributed by atoms with Crippen molar-refractivity contribution in [1.29, 1.82) is 5.26 Å². The molecule has 0 aromatic heterocycles. The summed E-state index contributed by atoms with van der Waals surface area (Å²) in [6.45, 7) is 0. The van der Waals surface area contributed by atoms with Gasteiger partial charge in [-0.15, -0.1) is 0 Å². The van der Waals surface area contributed by atoms with Crippen LogP contribution in [0.25, 0.3) is 0 Å². The summed E-state index contributed by atoms with van der Waals surface area (Å²) < 4.78 is 0. The molecule has 2 amide bonds. The van der Waals surface area contributed by atoms with Crippen LogP contribution in [0.4, 0.5) is 0 Å². The number of hydrogen-bond donors (Lipinski definition) is 2. The first-order valence-corrected chi connectivity index (χ1v) is 6.54. The fraction of sp³-hybridized carbons (Fsp3) is 0.769. The summed E-state index contributed by atoms with van der Waals surface area (Å²) in [5, 5.41) is 11.7. The number of nitrogens with zero attached hydrogens (tertiary/aromatic N) is 1. The summed E-state index contributed by atoms with van der Waals surface area (Å²) in [6, 6.07) is 2.11. The van der Waals surface area contributed by atoms with Crippen LogP contribution in [0.1, 0.15) is 51.4 Å². The van der Waals surface area contributed by atoms with E-state index in [1.54, 1.807) is 0 Å². The molecule has 0 unspecified atom stereocenters. The van der Waals surface area contributed by atoms with Crippen LogP contribution in [0.2, 0.25) is 0 Å². The predicted octanol–water partition coefficient (Wildman–Crippen LogP) is 0.985. The van der Waals surface area contributed by atoms with Gasteiger partial charge in [-0.05, 0) is 25.7 Å². The van der Waals surface area contributed by atoms with E-state index in [9.17, 15) is 9.59 Å². The largest absolute Gasteiger partial charge is 0.369 e. The Morgan fingerprint density at radius 2 is 1.78 bits per heavy atom. The van der Waals surface area contributed by atoms with Gasteiger partial charge in [-0.3, -0.25) is 9.59 Å². The molecule has 2 aliphatic carbocycles. The third-order valence-corrected chi connectivity index (χ3v) is 4.18. The molecule has 98 valence electrons. The van der Waals surface area contributed by atoms with Gasteiger partial charge in [0.05, 0.1) is 11.5 Å². The number of nitrogens with one attached hydrogen (secondary N) is 1. The zero-order valence-electron chi connectivity index (χ0n) is 10.5. The molecule has 0 aliphatic heterocycles. The standard InChI is InChI=1S/C13H19N3O2/c14-9-13(6-7-13)16-10(17)8-12(11(15)18)4-2-1-3-5-12/h1-8H2,(H2,15,18)(H,16,17). The molecular formula is C13H19N3O2. The highest BCUT2D eigenvalue weighted by Crippen LogP contribution is 2.40. The fourth-order valence-corrected chi connectivity index (χ4v) is 2.75. The van der Waals surface area contributed by atoms with Crippen molar-refractivity contribution in [1.82, 2.24) is 5.32 Å². The van der Waals surface area contributed by atoms with E-state index in [0.717, 1.165) is 19.3 Å². The molecular weight excluding hydrogens is 230 g/mol. The van der Waals surface area contributed by atoms with Gasteiger partial charge in [0.25, 0.3) is 0 Å². The Labute approximate surface area is 107 Å². The van der Waals surface area contributed by atoms with E-state index in [1.807, 2.05) is 0 Å². The molecule has 2 saturated carbocycles. The van der Waals surface area contributed by atoms with Gasteiger partial charge in [0, 0.05) is 6.42 Å². The quantitative estimate of drug-likeness (QED) is 0.777. The van der Waals surface area contributed by atoms with Crippen molar-refractivity contribution in [2.24, 2.45) is 11.1 Å². The van der Waals surface area contributed by atoms with Gasteiger partial charge in [0.1, 0.15) is 5.54 Å². The Morgan fingerprint density at radius 1 is 1.17 bits per heavy atom. The molecule has 3 N–H and O–H groups in total. The van der Waals surface area contributed by atoms with Crippen LogP contribution in [-0.4, -0.2) is 17.4 Å². The van der Waals surface area contributed by atoms with E-state index >= 15 is 0 Å². The van der Waals surface area contributed by atoms with E-state index in [4.69, 9.17) is 11.0 Å². The lowest BCUT2D eigenvalue weighted by atomic mass is 9.71. The summed E-state index contributed by atoms with van der Waals surface area (Å²) in [6.07, 6.45) is 5.91. The topological polar surface area (TPSA) is 96.0 Å². The van der Waals surface area contributed by atoms with E-state index in [2.05, 4.69) is 11.4 Å². The Bertz CT molecular complexity index is 401. The Kier molecular flexibility index (Phi) is 3.29. The van der Waals surface area contributed by atoms with Crippen molar-refractivity contribution in [2.45, 2.75) is 56.9 Å². The summed E-state index contributed by atoms with van der Waals surface area (Å²) in [5.74, 6) is -0.589. The minimum absolute atomic E-state index is 0.131. The maximum Gasteiger partial charge on any atom is 0.224 e. The van der Waals surface area contributed by atoms with Crippen LogP contribution in [0.3, 0.4) is 0 Å². The van der Waals surface area contributed by atoms with Gasteiger partial charge in [-0.2, -0.15) is 5.26 Å². The molecule has 0 spiro atoms. The lowest BCUT2D eigenvalue weighted by Crippen LogP contribution is -2.45. The van der Waals surface area contributed by atoms with Crippen molar-refractivity contribution in [2.75, 3.05) is 0 Å². The second-order valence-electron chi connectivity index (χ2n) is 5.62. The molecule has 0 bridgehead atoms. The SMILES string of the molecule is N#CC1(NC(=O)CC2(C(N)=O)CCCCC2)CC1. The molecule has 0 aromatic rings. The van der Waals surface area contributed by atoms with Crippen molar-refractivity contribution in [3.63, 3.8) is 0 Å². The molecule has 0 saturated heterocycles. The highest BCUT2D eigenvalue weighted by Gasteiger charge is 2.47. The smallest absolute Gasteiger partial charge is 0.224 e. The van der Waals surface area contributed by atoms with Gasteiger partial charge < -0.3 is 11.1 Å². The second-order valence-corrected chi connectivity index (χ2v) is 5.62. The molecule has 0 aromatic carbocycles. The zero-order valence-corrected chi connectivity index (χ0v) is 10.5. The van der Waals surface area contributed by atoms with Gasteiger partial charge in [-0.1, -0.05) is 19.3 Å². The molecule has 5 heteroatoms. The van der Waals surface area contributed by atoms with Crippen LogP contribution in [0, 0.1) is 16.7 Å². The summed E-state index contributed by atoms with van der Waals surface area (Å²) in [7, 11) is 0. The van der Waals surface area contributed by atoms with Crippen molar-refractivity contribution >= 4 is 11.8 Å². The number of hydrogen-bond acceptors (Lipinski definition) is 3. The molecule has 0 radical (unpaired) electrons.